The molecule has 0 aliphatic rings. The summed E-state index contributed by atoms with van der Waals surface area (Å²) >= 11 is 1.47. The Balaban J connectivity index is 1.46. The lowest BCUT2D eigenvalue weighted by Gasteiger charge is -2.24. The van der Waals surface area contributed by atoms with Crippen LogP contribution in [0.4, 0.5) is 22.5 Å². The molecule has 3 heterocycles. The number of carbonyl (C=O) groups is 1. The van der Waals surface area contributed by atoms with Gasteiger partial charge in [-0.1, -0.05) is 29.0 Å². The van der Waals surface area contributed by atoms with E-state index in [4.69, 9.17) is 9.82 Å². The minimum absolute atomic E-state index is 0.248. The summed E-state index contributed by atoms with van der Waals surface area (Å²) in [6.07, 6.45) is 1.72. The van der Waals surface area contributed by atoms with Gasteiger partial charge in [-0.3, -0.25) is 14.9 Å². The number of thiazole rings is 1. The Morgan fingerprint density at radius 3 is 2.63 bits per heavy atom. The zero-order valence-corrected chi connectivity index (χ0v) is 21.2. The maximum atomic E-state index is 12.1. The van der Waals surface area contributed by atoms with E-state index in [9.17, 15) is 4.79 Å². The van der Waals surface area contributed by atoms with Crippen LogP contribution in [0.5, 0.6) is 0 Å². The lowest BCUT2D eigenvalue weighted by Crippen LogP contribution is -2.51. The molecule has 4 rings (SSSR count). The van der Waals surface area contributed by atoms with Crippen LogP contribution in [0.25, 0.3) is 10.3 Å². The Morgan fingerprint density at radius 1 is 1.11 bits per heavy atom. The molecule has 0 atom stereocenters. The number of fused-ring (bicyclic) bond motifs is 1. The van der Waals surface area contributed by atoms with Crippen molar-refractivity contribution in [2.24, 2.45) is 0 Å². The van der Waals surface area contributed by atoms with Crippen LogP contribution in [0.15, 0.2) is 54.7 Å². The molecule has 3 aromatic heterocycles. The van der Waals surface area contributed by atoms with Gasteiger partial charge in [-0.15, -0.1) is 0 Å². The first-order chi connectivity index (χ1) is 16.7. The summed E-state index contributed by atoms with van der Waals surface area (Å²) in [5.41, 5.74) is 5.65. The van der Waals surface area contributed by atoms with Crippen molar-refractivity contribution in [3.63, 3.8) is 0 Å². The van der Waals surface area contributed by atoms with Gasteiger partial charge in [0.2, 0.25) is 0 Å². The van der Waals surface area contributed by atoms with Gasteiger partial charge in [-0.25, -0.2) is 20.4 Å². The molecule has 3 N–H and O–H groups in total. The number of carbonyl (C=O) groups excluding carboxylic acids is 1. The first-order valence-corrected chi connectivity index (χ1v) is 12.0. The predicted octanol–water partition coefficient (Wildman–Crippen LogP) is 4.45. The second kappa shape index (κ2) is 10.3. The second-order valence-electron chi connectivity index (χ2n) is 8.70. The van der Waals surface area contributed by atoms with E-state index in [0.717, 1.165) is 27.4 Å². The molecule has 9 nitrogen and oxygen atoms in total. The van der Waals surface area contributed by atoms with E-state index >= 15 is 0 Å². The summed E-state index contributed by atoms with van der Waals surface area (Å²) in [5, 5.41) is 7.22. The van der Waals surface area contributed by atoms with Crippen LogP contribution in [-0.4, -0.2) is 40.6 Å². The number of anilines is 4. The molecule has 1 aromatic carbocycles. The van der Waals surface area contributed by atoms with Crippen LogP contribution in [0.3, 0.4) is 0 Å². The summed E-state index contributed by atoms with van der Waals surface area (Å²) in [6.45, 7) is 6.14. The molecule has 1 amide bonds. The SMILES string of the molecule is CONC(=O)C(C)(C)NCc1ccnc(Nc2nc3ccc(N(C)c4ccc(C)cc4)nc3s2)c1. The predicted molar refractivity (Wildman–Crippen MR) is 140 cm³/mol. The Kier molecular flexibility index (Phi) is 7.25. The van der Waals surface area contributed by atoms with Gasteiger partial charge in [0, 0.05) is 25.5 Å². The van der Waals surface area contributed by atoms with Crippen LogP contribution in [0, 0.1) is 6.92 Å². The molecule has 0 radical (unpaired) electrons. The van der Waals surface area contributed by atoms with Crippen LogP contribution in [-0.2, 0) is 16.2 Å². The fraction of sp³-hybridized carbons (Fsp3) is 0.280. The topological polar surface area (TPSA) is 104 Å². The zero-order valence-electron chi connectivity index (χ0n) is 20.4. The van der Waals surface area contributed by atoms with Crippen molar-refractivity contribution >= 4 is 50.0 Å². The Morgan fingerprint density at radius 2 is 1.89 bits per heavy atom. The number of aryl methyl sites for hydroxylation is 1. The van der Waals surface area contributed by atoms with Crippen molar-refractivity contribution in [1.82, 2.24) is 25.7 Å². The normalized spacial score (nSPS) is 11.5. The monoisotopic (exact) mass is 491 g/mol. The van der Waals surface area contributed by atoms with Gasteiger partial charge in [-0.05, 0) is 62.7 Å². The van der Waals surface area contributed by atoms with Gasteiger partial charge < -0.3 is 10.2 Å². The smallest absolute Gasteiger partial charge is 0.263 e. The molecule has 0 bridgehead atoms. The van der Waals surface area contributed by atoms with Gasteiger partial charge in [0.25, 0.3) is 5.91 Å². The van der Waals surface area contributed by atoms with Gasteiger partial charge in [0.1, 0.15) is 22.0 Å². The van der Waals surface area contributed by atoms with Gasteiger partial charge in [0.05, 0.1) is 12.6 Å². The number of nitrogens with zero attached hydrogens (tertiary/aromatic N) is 4. The Hall–Kier alpha value is -3.60. The van der Waals surface area contributed by atoms with E-state index in [2.05, 4.69) is 62.2 Å². The van der Waals surface area contributed by atoms with E-state index < -0.39 is 5.54 Å². The molecule has 0 aliphatic carbocycles. The number of rotatable bonds is 9. The lowest BCUT2D eigenvalue weighted by molar-refractivity contribution is -0.137. The fourth-order valence-electron chi connectivity index (χ4n) is 3.33. The quantitative estimate of drug-likeness (QED) is 0.295. The van der Waals surface area contributed by atoms with E-state index in [1.54, 1.807) is 20.0 Å². The first-order valence-electron chi connectivity index (χ1n) is 11.1. The summed E-state index contributed by atoms with van der Waals surface area (Å²) in [6, 6.07) is 16.1. The molecule has 10 heteroatoms. The van der Waals surface area contributed by atoms with Crippen molar-refractivity contribution in [2.45, 2.75) is 32.9 Å². The number of hydroxylamine groups is 1. The van der Waals surface area contributed by atoms with E-state index in [1.807, 2.05) is 31.3 Å². The largest absolute Gasteiger partial charge is 0.329 e. The van der Waals surface area contributed by atoms with Crippen molar-refractivity contribution in [1.29, 1.82) is 0 Å². The molecule has 0 aliphatic heterocycles. The van der Waals surface area contributed by atoms with Crippen molar-refractivity contribution in [3.8, 4) is 0 Å². The average Bonchev–Trinajstić information content (AvgIpc) is 3.24. The third-order valence-electron chi connectivity index (χ3n) is 5.56. The molecule has 0 fully saturated rings. The van der Waals surface area contributed by atoms with Crippen molar-refractivity contribution in [3.05, 3.63) is 65.9 Å². The van der Waals surface area contributed by atoms with E-state index in [1.165, 1.54) is 24.0 Å². The molecule has 0 saturated heterocycles. The molecule has 0 spiro atoms. The number of amides is 1. The highest BCUT2D eigenvalue weighted by atomic mass is 32.1. The number of hydrogen-bond donors (Lipinski definition) is 3. The maximum absolute atomic E-state index is 12.1. The summed E-state index contributed by atoms with van der Waals surface area (Å²) < 4.78 is 0. The summed E-state index contributed by atoms with van der Waals surface area (Å²) in [4.78, 5) is 33.6. The van der Waals surface area contributed by atoms with E-state index in [0.29, 0.717) is 17.5 Å². The minimum atomic E-state index is -0.797. The molecule has 182 valence electrons. The van der Waals surface area contributed by atoms with Crippen LogP contribution >= 0.6 is 11.3 Å². The van der Waals surface area contributed by atoms with Gasteiger partial charge >= 0.3 is 0 Å². The first kappa shape index (κ1) is 24.5. The highest BCUT2D eigenvalue weighted by Gasteiger charge is 2.26. The number of pyridine rings is 2. The molecular weight excluding hydrogens is 462 g/mol. The van der Waals surface area contributed by atoms with Crippen LogP contribution < -0.4 is 21.0 Å². The van der Waals surface area contributed by atoms with Gasteiger partial charge in [-0.2, -0.15) is 0 Å². The Bertz CT molecular complexity index is 1320. The fourth-order valence-corrected chi connectivity index (χ4v) is 4.17. The standard InChI is InChI=1S/C25H29N7O2S/c1-16-6-8-18(9-7-16)32(4)21-11-10-19-22(30-21)35-24(28-19)29-20-14-17(12-13-26-20)15-27-25(2,3)23(33)31-34-5/h6-14,27H,15H2,1-5H3,(H,31,33)(H,26,28,29). The lowest BCUT2D eigenvalue weighted by atomic mass is 10.0. The number of benzene rings is 1. The van der Waals surface area contributed by atoms with Crippen LogP contribution in [0.2, 0.25) is 0 Å². The number of hydrogen-bond acceptors (Lipinski definition) is 9. The number of nitrogens with one attached hydrogen (secondary N) is 3. The Labute approximate surface area is 208 Å². The minimum Gasteiger partial charge on any atom is -0.329 e. The maximum Gasteiger partial charge on any atom is 0.263 e. The molecule has 35 heavy (non-hydrogen) atoms. The summed E-state index contributed by atoms with van der Waals surface area (Å²) in [7, 11) is 3.41. The van der Waals surface area contributed by atoms with E-state index in [-0.39, 0.29) is 5.91 Å². The van der Waals surface area contributed by atoms with Gasteiger partial charge in [0.15, 0.2) is 5.13 Å². The summed E-state index contributed by atoms with van der Waals surface area (Å²) in [5.74, 6) is 1.27. The van der Waals surface area contributed by atoms with Crippen molar-refractivity contribution in [2.75, 3.05) is 24.4 Å². The van der Waals surface area contributed by atoms with Crippen molar-refractivity contribution < 1.29 is 9.63 Å². The third kappa shape index (κ3) is 5.91. The molecular formula is C25H29N7O2S. The second-order valence-corrected chi connectivity index (χ2v) is 9.67. The third-order valence-corrected chi connectivity index (χ3v) is 6.44. The average molecular weight is 492 g/mol. The van der Waals surface area contributed by atoms with Crippen LogP contribution in [0.1, 0.15) is 25.0 Å². The zero-order chi connectivity index (χ0) is 25.0. The molecule has 4 aromatic rings. The molecule has 0 saturated carbocycles. The highest BCUT2D eigenvalue weighted by Crippen LogP contribution is 2.30. The highest BCUT2D eigenvalue weighted by molar-refractivity contribution is 7.21. The molecule has 0 unspecified atom stereocenters. The number of aromatic nitrogens is 3.